The number of aromatic nitrogens is 1. The molecule has 0 bridgehead atoms. The number of thioether (sulfide) groups is 1. The molecule has 7 heteroatoms. The maximum Gasteiger partial charge on any atom is 0.307 e. The number of pyridine rings is 1. The minimum Gasteiger partial charge on any atom is -0.481 e. The van der Waals surface area contributed by atoms with Crippen molar-refractivity contribution in [1.29, 1.82) is 0 Å². The second-order valence-corrected chi connectivity index (χ2v) is 11.7. The fourth-order valence-corrected chi connectivity index (χ4v) is 7.56. The average Bonchev–Trinajstić information content (AvgIpc) is 3.30. The first-order valence-corrected chi connectivity index (χ1v) is 13.7. The van der Waals surface area contributed by atoms with Crippen LogP contribution in [-0.2, 0) is 9.59 Å². The molecule has 0 spiro atoms. The van der Waals surface area contributed by atoms with E-state index < -0.39 is 5.97 Å². The predicted octanol–water partition coefficient (Wildman–Crippen LogP) is 4.20. The Morgan fingerprint density at radius 1 is 1.09 bits per heavy atom. The van der Waals surface area contributed by atoms with E-state index in [1.54, 1.807) is 6.20 Å². The van der Waals surface area contributed by atoms with Gasteiger partial charge in [0, 0.05) is 61.5 Å². The molecule has 0 radical (unpaired) electrons. The van der Waals surface area contributed by atoms with E-state index in [0.717, 1.165) is 48.8 Å². The van der Waals surface area contributed by atoms with Crippen molar-refractivity contribution in [3.05, 3.63) is 70.2 Å². The molecule has 6 nitrogen and oxygen atoms in total. The smallest absolute Gasteiger partial charge is 0.307 e. The zero-order valence-electron chi connectivity index (χ0n) is 19.8. The maximum atomic E-state index is 13.8. The SMILES string of the molecule is O=C(O)C1[C@H]2CN(C3=CC=C(C(=O)N4CCC(c5cccnc5)C4)C(SC4CCCC4)=C=C3)C[C@@H]12. The van der Waals surface area contributed by atoms with Crippen molar-refractivity contribution in [2.75, 3.05) is 26.2 Å². The molecule has 1 aromatic rings. The highest BCUT2D eigenvalue weighted by atomic mass is 32.2. The van der Waals surface area contributed by atoms with Crippen molar-refractivity contribution in [2.45, 2.75) is 43.3 Å². The van der Waals surface area contributed by atoms with Crippen LogP contribution in [0.1, 0.15) is 43.6 Å². The zero-order chi connectivity index (χ0) is 23.9. The number of hydrogen-bond acceptors (Lipinski definition) is 5. The number of carbonyl (C=O) groups is 2. The Morgan fingerprint density at radius 2 is 1.89 bits per heavy atom. The van der Waals surface area contributed by atoms with Gasteiger partial charge in [-0.1, -0.05) is 18.9 Å². The van der Waals surface area contributed by atoms with Crippen LogP contribution in [0.3, 0.4) is 0 Å². The molecule has 182 valence electrons. The second kappa shape index (κ2) is 9.36. The van der Waals surface area contributed by atoms with Crippen LogP contribution in [0, 0.1) is 17.8 Å². The third-order valence-electron chi connectivity index (χ3n) is 8.31. The highest BCUT2D eigenvalue weighted by Gasteiger charge is 2.59. The summed E-state index contributed by atoms with van der Waals surface area (Å²) in [6.07, 6.45) is 15.6. The highest BCUT2D eigenvalue weighted by Crippen LogP contribution is 2.52. The number of piperidine rings is 1. The van der Waals surface area contributed by atoms with Crippen molar-refractivity contribution in [3.63, 3.8) is 0 Å². The highest BCUT2D eigenvalue weighted by molar-refractivity contribution is 8.04. The number of rotatable bonds is 6. The van der Waals surface area contributed by atoms with Gasteiger partial charge in [0.1, 0.15) is 0 Å². The van der Waals surface area contributed by atoms with Crippen molar-refractivity contribution in [2.24, 2.45) is 17.8 Å². The third kappa shape index (κ3) is 4.48. The van der Waals surface area contributed by atoms with Gasteiger partial charge in [-0.05, 0) is 54.9 Å². The molecule has 2 unspecified atom stereocenters. The fraction of sp³-hybridized carbons (Fsp3) is 0.500. The number of nitrogens with zero attached hydrogens (tertiary/aromatic N) is 3. The minimum absolute atomic E-state index is 0.0884. The van der Waals surface area contributed by atoms with E-state index >= 15 is 0 Å². The Hall–Kier alpha value is -2.76. The van der Waals surface area contributed by atoms with Crippen LogP contribution < -0.4 is 0 Å². The van der Waals surface area contributed by atoms with Crippen LogP contribution in [0.4, 0.5) is 0 Å². The van der Waals surface area contributed by atoms with Gasteiger partial charge in [0.05, 0.1) is 16.4 Å². The summed E-state index contributed by atoms with van der Waals surface area (Å²) < 4.78 is 0. The second-order valence-electron chi connectivity index (χ2n) is 10.4. The Morgan fingerprint density at radius 3 is 2.60 bits per heavy atom. The summed E-state index contributed by atoms with van der Waals surface area (Å²) in [5.41, 5.74) is 6.47. The lowest BCUT2D eigenvalue weighted by Gasteiger charge is -2.21. The topological polar surface area (TPSA) is 73.7 Å². The lowest BCUT2D eigenvalue weighted by molar-refractivity contribution is -0.139. The summed E-state index contributed by atoms with van der Waals surface area (Å²) in [5.74, 6) is 0.0740. The van der Waals surface area contributed by atoms with Gasteiger partial charge in [-0.15, -0.1) is 17.5 Å². The zero-order valence-corrected chi connectivity index (χ0v) is 20.6. The molecule has 3 heterocycles. The van der Waals surface area contributed by atoms with E-state index in [-0.39, 0.29) is 23.7 Å². The van der Waals surface area contributed by atoms with Crippen LogP contribution in [0.25, 0.3) is 0 Å². The van der Waals surface area contributed by atoms with E-state index in [4.69, 9.17) is 0 Å². The molecule has 4 atom stereocenters. The summed E-state index contributed by atoms with van der Waals surface area (Å²) in [4.78, 5) is 34.6. The summed E-state index contributed by atoms with van der Waals surface area (Å²) in [7, 11) is 0. The Kier molecular flexibility index (Phi) is 6.07. The van der Waals surface area contributed by atoms with Gasteiger partial charge in [-0.25, -0.2) is 0 Å². The normalized spacial score (nSPS) is 30.0. The first-order valence-electron chi connectivity index (χ1n) is 12.8. The van der Waals surface area contributed by atoms with Crippen LogP contribution in [0.15, 0.2) is 64.7 Å². The van der Waals surface area contributed by atoms with Crippen LogP contribution in [-0.4, -0.2) is 63.2 Å². The molecule has 4 fully saturated rings. The average molecular weight is 490 g/mol. The van der Waals surface area contributed by atoms with Gasteiger partial charge in [-0.3, -0.25) is 14.6 Å². The molecule has 2 saturated heterocycles. The standard InChI is InChI=1S/C28H31N3O3S/c32-27(30-13-11-19(15-30)18-4-3-12-29-14-18)22-9-7-20(8-10-25(22)35-21-5-1-2-6-21)31-16-23-24(17-31)26(23)28(33)34/h3-4,7-9,12,14,19,21,23-24,26H,1-2,5-6,11,13,15-17H2,(H,33,34)/t19?,23-,24+,26?. The number of amides is 1. The fourth-order valence-electron chi connectivity index (χ4n) is 6.25. The van der Waals surface area contributed by atoms with Crippen molar-refractivity contribution in [1.82, 2.24) is 14.8 Å². The quantitative estimate of drug-likeness (QED) is 0.604. The summed E-state index contributed by atoms with van der Waals surface area (Å²) in [5, 5.41) is 9.89. The number of aliphatic carboxylic acids is 1. The summed E-state index contributed by atoms with van der Waals surface area (Å²) >= 11 is 1.81. The molecule has 1 aromatic heterocycles. The molecule has 1 amide bonds. The molecule has 0 aromatic carbocycles. The van der Waals surface area contributed by atoms with Gasteiger partial charge in [0.2, 0.25) is 0 Å². The molecular weight excluding hydrogens is 458 g/mol. The molecular formula is C28H31N3O3S. The Labute approximate surface area is 210 Å². The van der Waals surface area contributed by atoms with Gasteiger partial charge in [0.15, 0.2) is 0 Å². The third-order valence-corrected chi connectivity index (χ3v) is 9.69. The van der Waals surface area contributed by atoms with E-state index in [1.807, 2.05) is 47.2 Å². The summed E-state index contributed by atoms with van der Waals surface area (Å²) in [6, 6.07) is 4.07. The first-order chi connectivity index (χ1) is 17.1. The summed E-state index contributed by atoms with van der Waals surface area (Å²) in [6.45, 7) is 3.01. The number of carbonyl (C=O) groups excluding carboxylic acids is 1. The lowest BCUT2D eigenvalue weighted by atomic mass is 10.0. The number of likely N-dealkylation sites (tertiary alicyclic amines) is 2. The number of allylic oxidation sites excluding steroid dienone is 3. The van der Waals surface area contributed by atoms with E-state index in [0.29, 0.717) is 11.2 Å². The van der Waals surface area contributed by atoms with Crippen molar-refractivity contribution in [3.8, 4) is 0 Å². The van der Waals surface area contributed by atoms with Gasteiger partial charge >= 0.3 is 5.97 Å². The van der Waals surface area contributed by atoms with E-state index in [9.17, 15) is 14.7 Å². The van der Waals surface area contributed by atoms with E-state index in [1.165, 1.54) is 31.2 Å². The number of carboxylic acid groups (broad SMARTS) is 1. The molecule has 35 heavy (non-hydrogen) atoms. The van der Waals surface area contributed by atoms with Crippen molar-refractivity contribution < 1.29 is 14.7 Å². The van der Waals surface area contributed by atoms with Gasteiger partial charge in [0.25, 0.3) is 5.91 Å². The lowest BCUT2D eigenvalue weighted by Crippen LogP contribution is -2.30. The molecule has 2 aliphatic heterocycles. The molecule has 3 aliphatic carbocycles. The number of carboxylic acids is 1. The number of hydrogen-bond donors (Lipinski definition) is 1. The van der Waals surface area contributed by atoms with Gasteiger partial charge < -0.3 is 14.9 Å². The molecule has 1 N–H and O–H groups in total. The predicted molar refractivity (Wildman–Crippen MR) is 135 cm³/mol. The maximum absolute atomic E-state index is 13.8. The minimum atomic E-state index is -0.664. The molecule has 5 aliphatic rings. The molecule has 2 saturated carbocycles. The van der Waals surface area contributed by atoms with E-state index in [2.05, 4.69) is 21.7 Å². The monoisotopic (exact) mass is 489 g/mol. The largest absolute Gasteiger partial charge is 0.481 e. The molecule has 6 rings (SSSR count). The van der Waals surface area contributed by atoms with Crippen LogP contribution >= 0.6 is 11.8 Å². The first kappa shape index (κ1) is 22.7. The Bertz CT molecular complexity index is 1140. The van der Waals surface area contributed by atoms with Crippen LogP contribution in [0.5, 0.6) is 0 Å². The van der Waals surface area contributed by atoms with Crippen molar-refractivity contribution >= 4 is 23.6 Å². The Balaban J connectivity index is 1.22. The van der Waals surface area contributed by atoms with Gasteiger partial charge in [-0.2, -0.15) is 0 Å². The van der Waals surface area contributed by atoms with Crippen LogP contribution in [0.2, 0.25) is 0 Å². The number of fused-ring (bicyclic) bond motifs is 1.